The highest BCUT2D eigenvalue weighted by molar-refractivity contribution is 5.85. The zero-order chi connectivity index (χ0) is 12.3. The molecule has 0 aliphatic heterocycles. The quantitative estimate of drug-likeness (QED) is 0.807. The maximum absolute atomic E-state index is 11.3. The lowest BCUT2D eigenvalue weighted by molar-refractivity contribution is -0.142. The number of fused-ring (bicyclic) bond motifs is 1. The molecule has 1 aromatic heterocycles. The van der Waals surface area contributed by atoms with Crippen molar-refractivity contribution in [2.45, 2.75) is 12.5 Å². The van der Waals surface area contributed by atoms with E-state index in [2.05, 4.69) is 9.72 Å². The third-order valence-electron chi connectivity index (χ3n) is 2.71. The molecule has 4 heteroatoms. The molecule has 4 nitrogen and oxygen atoms in total. The van der Waals surface area contributed by atoms with Gasteiger partial charge in [0.05, 0.1) is 7.11 Å². The highest BCUT2D eigenvalue weighted by atomic mass is 16.5. The molecule has 2 aromatic rings. The van der Waals surface area contributed by atoms with Crippen LogP contribution < -0.4 is 5.73 Å². The average molecular weight is 230 g/mol. The average Bonchev–Trinajstić information content (AvgIpc) is 2.38. The molecule has 0 saturated heterocycles. The molecular formula is C13H14N2O2. The summed E-state index contributed by atoms with van der Waals surface area (Å²) in [4.78, 5) is 15.4. The maximum Gasteiger partial charge on any atom is 0.322 e. The fourth-order valence-electron chi connectivity index (χ4n) is 1.84. The number of pyridine rings is 1. The third kappa shape index (κ3) is 2.42. The Kier molecular flexibility index (Phi) is 3.35. The lowest BCUT2D eigenvalue weighted by Gasteiger charge is -2.11. The van der Waals surface area contributed by atoms with Gasteiger partial charge in [0, 0.05) is 17.8 Å². The van der Waals surface area contributed by atoms with Crippen molar-refractivity contribution in [1.29, 1.82) is 0 Å². The smallest absolute Gasteiger partial charge is 0.322 e. The van der Waals surface area contributed by atoms with Gasteiger partial charge in [0.25, 0.3) is 0 Å². The molecule has 88 valence electrons. The van der Waals surface area contributed by atoms with Crippen molar-refractivity contribution in [2.75, 3.05) is 7.11 Å². The Balaban J connectivity index is 2.33. The number of hydrogen-bond acceptors (Lipinski definition) is 4. The van der Waals surface area contributed by atoms with Crippen LogP contribution in [0.5, 0.6) is 0 Å². The summed E-state index contributed by atoms with van der Waals surface area (Å²) in [7, 11) is 1.34. The molecular weight excluding hydrogens is 216 g/mol. The molecule has 0 aliphatic carbocycles. The number of rotatable bonds is 3. The molecule has 2 rings (SSSR count). The monoisotopic (exact) mass is 230 g/mol. The Morgan fingerprint density at radius 2 is 2.29 bits per heavy atom. The standard InChI is InChI=1S/C13H14N2O2/c1-17-13(16)12(14)7-9-3-2-4-10-8-15-6-5-11(9)10/h2-6,8,12H,7,14H2,1H3/t12-/m0/s1. The maximum atomic E-state index is 11.3. The van der Waals surface area contributed by atoms with Gasteiger partial charge in [0.1, 0.15) is 6.04 Å². The number of nitrogens with two attached hydrogens (primary N) is 1. The number of esters is 1. The number of benzene rings is 1. The second-order valence-corrected chi connectivity index (χ2v) is 3.85. The summed E-state index contributed by atoms with van der Waals surface area (Å²) >= 11 is 0. The number of carbonyl (C=O) groups excluding carboxylic acids is 1. The van der Waals surface area contributed by atoms with E-state index in [4.69, 9.17) is 5.73 Å². The van der Waals surface area contributed by atoms with Crippen LogP contribution in [0.2, 0.25) is 0 Å². The molecule has 0 unspecified atom stereocenters. The molecule has 1 heterocycles. The Bertz CT molecular complexity index is 534. The van der Waals surface area contributed by atoms with Crippen LogP contribution in [-0.4, -0.2) is 24.1 Å². The first kappa shape index (κ1) is 11.5. The van der Waals surface area contributed by atoms with Crippen LogP contribution in [0.15, 0.2) is 36.7 Å². The Morgan fingerprint density at radius 3 is 3.06 bits per heavy atom. The summed E-state index contributed by atoms with van der Waals surface area (Å²) in [5.41, 5.74) is 6.79. The van der Waals surface area contributed by atoms with Crippen LogP contribution in [0, 0.1) is 0 Å². The van der Waals surface area contributed by atoms with Gasteiger partial charge in [-0.05, 0) is 23.4 Å². The van der Waals surface area contributed by atoms with Gasteiger partial charge in [-0.3, -0.25) is 9.78 Å². The SMILES string of the molecule is COC(=O)[C@@H](N)Cc1cccc2cnccc12. The summed E-state index contributed by atoms with van der Waals surface area (Å²) in [6.45, 7) is 0. The molecule has 17 heavy (non-hydrogen) atoms. The number of nitrogens with zero attached hydrogens (tertiary/aromatic N) is 1. The van der Waals surface area contributed by atoms with Crippen LogP contribution in [-0.2, 0) is 16.0 Å². The van der Waals surface area contributed by atoms with E-state index in [1.54, 1.807) is 12.4 Å². The molecule has 2 N–H and O–H groups in total. The Hall–Kier alpha value is -1.94. The van der Waals surface area contributed by atoms with Gasteiger partial charge in [-0.2, -0.15) is 0 Å². The van der Waals surface area contributed by atoms with Crippen molar-refractivity contribution in [3.05, 3.63) is 42.2 Å². The lowest BCUT2D eigenvalue weighted by Crippen LogP contribution is -2.33. The van der Waals surface area contributed by atoms with Gasteiger partial charge in [-0.25, -0.2) is 0 Å². The zero-order valence-electron chi connectivity index (χ0n) is 9.59. The summed E-state index contributed by atoms with van der Waals surface area (Å²) in [5, 5.41) is 2.11. The Labute approximate surface area is 99.4 Å². The molecule has 0 saturated carbocycles. The van der Waals surface area contributed by atoms with E-state index in [-0.39, 0.29) is 0 Å². The highest BCUT2D eigenvalue weighted by Gasteiger charge is 2.15. The van der Waals surface area contributed by atoms with Crippen molar-refractivity contribution in [2.24, 2.45) is 5.73 Å². The van der Waals surface area contributed by atoms with Gasteiger partial charge in [0.15, 0.2) is 0 Å². The van der Waals surface area contributed by atoms with Gasteiger partial charge < -0.3 is 10.5 Å². The highest BCUT2D eigenvalue weighted by Crippen LogP contribution is 2.18. The van der Waals surface area contributed by atoms with Crippen molar-refractivity contribution in [3.63, 3.8) is 0 Å². The van der Waals surface area contributed by atoms with E-state index in [0.29, 0.717) is 6.42 Å². The largest absolute Gasteiger partial charge is 0.468 e. The molecule has 0 fully saturated rings. The van der Waals surface area contributed by atoms with Crippen LogP contribution in [0.1, 0.15) is 5.56 Å². The van der Waals surface area contributed by atoms with E-state index < -0.39 is 12.0 Å². The van der Waals surface area contributed by atoms with Gasteiger partial charge in [-0.1, -0.05) is 18.2 Å². The summed E-state index contributed by atoms with van der Waals surface area (Å²) in [6.07, 6.45) is 3.99. The molecule has 1 atom stereocenters. The first-order valence-electron chi connectivity index (χ1n) is 5.37. The van der Waals surface area contributed by atoms with Crippen LogP contribution in [0.4, 0.5) is 0 Å². The normalized spacial score (nSPS) is 12.4. The Morgan fingerprint density at radius 1 is 1.47 bits per heavy atom. The predicted molar refractivity (Wildman–Crippen MR) is 65.4 cm³/mol. The van der Waals surface area contributed by atoms with Gasteiger partial charge in [0.2, 0.25) is 0 Å². The van der Waals surface area contributed by atoms with Crippen LogP contribution >= 0.6 is 0 Å². The zero-order valence-corrected chi connectivity index (χ0v) is 9.59. The van der Waals surface area contributed by atoms with E-state index in [1.165, 1.54) is 7.11 Å². The number of ether oxygens (including phenoxy) is 1. The van der Waals surface area contributed by atoms with E-state index in [1.807, 2.05) is 24.3 Å². The second kappa shape index (κ2) is 4.93. The van der Waals surface area contributed by atoms with Gasteiger partial charge in [-0.15, -0.1) is 0 Å². The summed E-state index contributed by atoms with van der Waals surface area (Å²) in [5.74, 6) is -0.393. The first-order valence-corrected chi connectivity index (χ1v) is 5.37. The van der Waals surface area contributed by atoms with E-state index in [0.717, 1.165) is 16.3 Å². The van der Waals surface area contributed by atoms with Crippen LogP contribution in [0.25, 0.3) is 10.8 Å². The van der Waals surface area contributed by atoms with E-state index >= 15 is 0 Å². The predicted octanol–water partition coefficient (Wildman–Crippen LogP) is 1.28. The van der Waals surface area contributed by atoms with Crippen molar-refractivity contribution in [3.8, 4) is 0 Å². The van der Waals surface area contributed by atoms with Gasteiger partial charge >= 0.3 is 5.97 Å². The van der Waals surface area contributed by atoms with E-state index in [9.17, 15) is 4.79 Å². The first-order chi connectivity index (χ1) is 8.22. The second-order valence-electron chi connectivity index (χ2n) is 3.85. The van der Waals surface area contributed by atoms with Crippen molar-refractivity contribution < 1.29 is 9.53 Å². The molecule has 0 spiro atoms. The number of aromatic nitrogens is 1. The fraction of sp³-hybridized carbons (Fsp3) is 0.231. The molecule has 0 amide bonds. The minimum Gasteiger partial charge on any atom is -0.468 e. The molecule has 0 bridgehead atoms. The minimum absolute atomic E-state index is 0.393. The molecule has 0 aliphatic rings. The lowest BCUT2D eigenvalue weighted by atomic mass is 10.0. The molecule has 0 radical (unpaired) electrons. The van der Waals surface area contributed by atoms with Crippen molar-refractivity contribution >= 4 is 16.7 Å². The van der Waals surface area contributed by atoms with Crippen molar-refractivity contribution in [1.82, 2.24) is 4.98 Å². The number of carbonyl (C=O) groups is 1. The summed E-state index contributed by atoms with van der Waals surface area (Å²) < 4.78 is 4.62. The molecule has 1 aromatic carbocycles. The summed E-state index contributed by atoms with van der Waals surface area (Å²) in [6, 6.07) is 7.18. The topological polar surface area (TPSA) is 65.2 Å². The fourth-order valence-corrected chi connectivity index (χ4v) is 1.84. The number of hydrogen-bond donors (Lipinski definition) is 1. The number of methoxy groups -OCH3 is 1. The third-order valence-corrected chi connectivity index (χ3v) is 2.71. The van der Waals surface area contributed by atoms with Crippen LogP contribution in [0.3, 0.4) is 0 Å². The minimum atomic E-state index is -0.626.